The minimum absolute atomic E-state index is 0.501. The second kappa shape index (κ2) is 6.76. The minimum Gasteiger partial charge on any atom is -0.392 e. The van der Waals surface area contributed by atoms with Crippen LogP contribution in [0, 0.1) is 0 Å². The van der Waals surface area contributed by atoms with E-state index in [0.29, 0.717) is 22.9 Å². The van der Waals surface area contributed by atoms with Crippen LogP contribution < -0.4 is 0 Å². The molecule has 1 unspecified atom stereocenters. The number of aliphatic hydroxyl groups is 1. The van der Waals surface area contributed by atoms with Crippen LogP contribution in [0.5, 0.6) is 0 Å². The van der Waals surface area contributed by atoms with Crippen LogP contribution in [-0.4, -0.2) is 11.2 Å². The minimum atomic E-state index is -0.501. The van der Waals surface area contributed by atoms with E-state index in [9.17, 15) is 5.11 Å². The van der Waals surface area contributed by atoms with Gasteiger partial charge in [-0.3, -0.25) is 0 Å². The molecular formula is C15H13BrCl2O. The Kier molecular flexibility index (Phi) is 5.28. The summed E-state index contributed by atoms with van der Waals surface area (Å²) in [5, 5.41) is 11.5. The molecule has 0 aliphatic heterocycles. The Morgan fingerprint density at radius 1 is 0.947 bits per heavy atom. The predicted molar refractivity (Wildman–Crippen MR) is 84.0 cm³/mol. The average Bonchev–Trinajstić information content (AvgIpc) is 2.36. The van der Waals surface area contributed by atoms with Crippen molar-refractivity contribution in [1.29, 1.82) is 0 Å². The molecule has 100 valence electrons. The molecule has 2 rings (SSSR count). The second-order valence-electron chi connectivity index (χ2n) is 4.39. The van der Waals surface area contributed by atoms with E-state index < -0.39 is 6.10 Å². The molecule has 0 saturated carbocycles. The van der Waals surface area contributed by atoms with Crippen molar-refractivity contribution >= 4 is 39.1 Å². The van der Waals surface area contributed by atoms with Crippen molar-refractivity contribution < 1.29 is 5.11 Å². The summed E-state index contributed by atoms with van der Waals surface area (Å²) in [5.74, 6) is 0. The van der Waals surface area contributed by atoms with E-state index in [1.165, 1.54) is 0 Å². The van der Waals surface area contributed by atoms with Crippen molar-refractivity contribution in [1.82, 2.24) is 0 Å². The zero-order valence-electron chi connectivity index (χ0n) is 10.1. The number of halogens is 3. The first kappa shape index (κ1) is 14.9. The van der Waals surface area contributed by atoms with Gasteiger partial charge in [0.2, 0.25) is 0 Å². The lowest BCUT2D eigenvalue weighted by atomic mass is 10.0. The lowest BCUT2D eigenvalue weighted by Gasteiger charge is -2.13. The first-order valence-electron chi connectivity index (χ1n) is 5.91. The fourth-order valence-electron chi connectivity index (χ4n) is 1.93. The summed E-state index contributed by atoms with van der Waals surface area (Å²) >= 11 is 15.6. The number of hydrogen-bond donors (Lipinski definition) is 1. The van der Waals surface area contributed by atoms with E-state index >= 15 is 0 Å². The molecule has 2 aromatic rings. The molecule has 19 heavy (non-hydrogen) atoms. The van der Waals surface area contributed by atoms with Crippen molar-refractivity contribution in [3.8, 4) is 0 Å². The van der Waals surface area contributed by atoms with Gasteiger partial charge in [0.15, 0.2) is 0 Å². The fraction of sp³-hybridized carbons (Fsp3) is 0.200. The molecule has 0 aliphatic rings. The highest BCUT2D eigenvalue weighted by molar-refractivity contribution is 9.10. The van der Waals surface area contributed by atoms with E-state index in [2.05, 4.69) is 15.9 Å². The zero-order chi connectivity index (χ0) is 13.8. The maximum atomic E-state index is 10.1. The summed E-state index contributed by atoms with van der Waals surface area (Å²) in [5.41, 5.74) is 1.88. The first-order chi connectivity index (χ1) is 9.06. The summed E-state index contributed by atoms with van der Waals surface area (Å²) < 4.78 is 0.932. The molecule has 0 aromatic heterocycles. The summed E-state index contributed by atoms with van der Waals surface area (Å²) in [6.07, 6.45) is 0.530. The summed E-state index contributed by atoms with van der Waals surface area (Å²) in [4.78, 5) is 0. The third kappa shape index (κ3) is 4.22. The van der Waals surface area contributed by atoms with E-state index in [1.54, 1.807) is 0 Å². The van der Waals surface area contributed by atoms with E-state index in [-0.39, 0.29) is 0 Å². The summed E-state index contributed by atoms with van der Waals surface area (Å²) in [6, 6.07) is 13.2. The molecule has 2 aromatic carbocycles. The van der Waals surface area contributed by atoms with Gasteiger partial charge in [-0.05, 0) is 29.3 Å². The molecule has 0 bridgehead atoms. The molecule has 1 N–H and O–H groups in total. The first-order valence-corrected chi connectivity index (χ1v) is 7.46. The van der Waals surface area contributed by atoms with Gasteiger partial charge in [0.25, 0.3) is 0 Å². The molecule has 0 saturated heterocycles. The highest BCUT2D eigenvalue weighted by Gasteiger charge is 2.11. The third-order valence-corrected chi connectivity index (χ3v) is 4.10. The number of rotatable bonds is 4. The van der Waals surface area contributed by atoms with Gasteiger partial charge in [0, 0.05) is 27.4 Å². The molecule has 0 heterocycles. The Morgan fingerprint density at radius 2 is 1.58 bits per heavy atom. The van der Waals surface area contributed by atoms with E-state index in [1.807, 2.05) is 42.5 Å². The molecule has 4 heteroatoms. The molecule has 0 amide bonds. The number of aliphatic hydroxyl groups excluding tert-OH is 1. The molecule has 1 atom stereocenters. The maximum Gasteiger partial charge on any atom is 0.0621 e. The van der Waals surface area contributed by atoms with E-state index in [0.717, 1.165) is 15.6 Å². The van der Waals surface area contributed by atoms with Gasteiger partial charge in [-0.25, -0.2) is 0 Å². The van der Waals surface area contributed by atoms with E-state index in [4.69, 9.17) is 23.2 Å². The van der Waals surface area contributed by atoms with Crippen LogP contribution in [0.15, 0.2) is 46.9 Å². The summed E-state index contributed by atoms with van der Waals surface area (Å²) in [6.45, 7) is 0. The summed E-state index contributed by atoms with van der Waals surface area (Å²) in [7, 11) is 0. The van der Waals surface area contributed by atoms with Crippen LogP contribution >= 0.6 is 39.1 Å². The van der Waals surface area contributed by atoms with Gasteiger partial charge in [-0.2, -0.15) is 0 Å². The van der Waals surface area contributed by atoms with Crippen molar-refractivity contribution in [3.05, 3.63) is 68.1 Å². The molecule has 0 spiro atoms. The Hall–Kier alpha value is -0.540. The molecular weight excluding hydrogens is 347 g/mol. The van der Waals surface area contributed by atoms with Crippen LogP contribution in [0.25, 0.3) is 0 Å². The second-order valence-corrected chi connectivity index (χ2v) is 6.12. The van der Waals surface area contributed by atoms with Crippen molar-refractivity contribution in [2.45, 2.75) is 18.9 Å². The topological polar surface area (TPSA) is 20.2 Å². The van der Waals surface area contributed by atoms with Gasteiger partial charge in [-0.15, -0.1) is 0 Å². The smallest absolute Gasteiger partial charge is 0.0621 e. The Labute approximate surface area is 131 Å². The lowest BCUT2D eigenvalue weighted by molar-refractivity contribution is 0.175. The van der Waals surface area contributed by atoms with Crippen LogP contribution in [0.2, 0.25) is 10.0 Å². The Morgan fingerprint density at radius 3 is 2.21 bits per heavy atom. The fourth-order valence-corrected chi connectivity index (χ4v) is 2.89. The van der Waals surface area contributed by atoms with Crippen LogP contribution in [0.4, 0.5) is 0 Å². The van der Waals surface area contributed by atoms with Gasteiger partial charge in [0.05, 0.1) is 6.10 Å². The molecule has 0 aliphatic carbocycles. The van der Waals surface area contributed by atoms with Crippen molar-refractivity contribution in [2.24, 2.45) is 0 Å². The molecule has 0 fully saturated rings. The standard InChI is InChI=1S/C15H13BrCl2O/c16-12-6-5-11(15(18)9-12)8-13(19)7-10-3-1-2-4-14(10)17/h1-6,9,13,19H,7-8H2. The monoisotopic (exact) mass is 358 g/mol. The van der Waals surface area contributed by atoms with Crippen LogP contribution in [0.1, 0.15) is 11.1 Å². The third-order valence-electron chi connectivity index (χ3n) is 2.88. The average molecular weight is 360 g/mol. The van der Waals surface area contributed by atoms with Crippen molar-refractivity contribution in [2.75, 3.05) is 0 Å². The Bertz CT molecular complexity index is 572. The predicted octanol–water partition coefficient (Wildman–Crippen LogP) is 4.90. The number of benzene rings is 2. The Balaban J connectivity index is 2.05. The molecule has 0 radical (unpaired) electrons. The van der Waals surface area contributed by atoms with Crippen LogP contribution in [-0.2, 0) is 12.8 Å². The van der Waals surface area contributed by atoms with Gasteiger partial charge >= 0.3 is 0 Å². The normalized spacial score (nSPS) is 12.4. The maximum absolute atomic E-state index is 10.1. The van der Waals surface area contributed by atoms with Gasteiger partial charge < -0.3 is 5.11 Å². The van der Waals surface area contributed by atoms with Crippen molar-refractivity contribution in [3.63, 3.8) is 0 Å². The highest BCUT2D eigenvalue weighted by Crippen LogP contribution is 2.24. The lowest BCUT2D eigenvalue weighted by Crippen LogP contribution is -2.14. The SMILES string of the molecule is OC(Cc1ccccc1Cl)Cc1ccc(Br)cc1Cl. The van der Waals surface area contributed by atoms with Gasteiger partial charge in [-0.1, -0.05) is 63.4 Å². The van der Waals surface area contributed by atoms with Crippen LogP contribution in [0.3, 0.4) is 0 Å². The van der Waals surface area contributed by atoms with Gasteiger partial charge in [0.1, 0.15) is 0 Å². The molecule has 1 nitrogen and oxygen atoms in total. The number of hydrogen-bond acceptors (Lipinski definition) is 1. The quantitative estimate of drug-likeness (QED) is 0.822. The zero-order valence-corrected chi connectivity index (χ0v) is 13.2. The largest absolute Gasteiger partial charge is 0.392 e. The highest BCUT2D eigenvalue weighted by atomic mass is 79.9.